The smallest absolute Gasteiger partial charge is 0.418 e. The summed E-state index contributed by atoms with van der Waals surface area (Å²) in [6.07, 6.45) is -3.36. The molecule has 0 unspecified atom stereocenters. The Morgan fingerprint density at radius 3 is 2.42 bits per heavy atom. The Morgan fingerprint density at radius 1 is 0.917 bits per heavy atom. The molecular formula is C25H21F3N4O4. The number of carbonyl (C=O) groups excluding carboxylic acids is 3. The molecule has 0 heterocycles. The maximum atomic E-state index is 13.1. The Kier molecular flexibility index (Phi) is 8.39. The van der Waals surface area contributed by atoms with E-state index in [0.717, 1.165) is 17.7 Å². The first kappa shape index (κ1) is 25.9. The molecule has 0 bridgehead atoms. The maximum Gasteiger partial charge on any atom is 0.418 e. The van der Waals surface area contributed by atoms with Gasteiger partial charge in [0, 0.05) is 5.69 Å². The van der Waals surface area contributed by atoms with E-state index in [-0.39, 0.29) is 11.4 Å². The van der Waals surface area contributed by atoms with Gasteiger partial charge in [0.15, 0.2) is 6.61 Å². The molecule has 0 radical (unpaired) electrons. The van der Waals surface area contributed by atoms with Crippen molar-refractivity contribution in [2.75, 3.05) is 17.2 Å². The molecule has 11 heteroatoms. The number of ether oxygens (including phenoxy) is 1. The number of nitrogens with one attached hydrogen (secondary N) is 3. The molecule has 3 amide bonds. The van der Waals surface area contributed by atoms with Crippen molar-refractivity contribution in [3.05, 3.63) is 89.5 Å². The molecule has 0 fully saturated rings. The lowest BCUT2D eigenvalue weighted by Gasteiger charge is -2.13. The fourth-order valence-corrected chi connectivity index (χ4v) is 2.99. The number of hydrogen-bond acceptors (Lipinski definition) is 5. The number of aryl methyl sites for hydroxylation is 1. The summed E-state index contributed by atoms with van der Waals surface area (Å²) >= 11 is 0. The summed E-state index contributed by atoms with van der Waals surface area (Å²) in [5, 5.41) is 8.36. The molecule has 8 nitrogen and oxygen atoms in total. The van der Waals surface area contributed by atoms with Crippen LogP contribution in [0.1, 0.15) is 16.7 Å². The van der Waals surface area contributed by atoms with Crippen LogP contribution in [-0.4, -0.2) is 30.5 Å². The summed E-state index contributed by atoms with van der Waals surface area (Å²) in [6.45, 7) is 1.31. The zero-order chi connectivity index (χ0) is 26.1. The van der Waals surface area contributed by atoms with E-state index in [2.05, 4.69) is 21.2 Å². The molecule has 36 heavy (non-hydrogen) atoms. The van der Waals surface area contributed by atoms with Crippen molar-refractivity contribution in [2.24, 2.45) is 5.10 Å². The maximum absolute atomic E-state index is 13.1. The van der Waals surface area contributed by atoms with Crippen LogP contribution < -0.4 is 20.8 Å². The molecule has 186 valence electrons. The van der Waals surface area contributed by atoms with Gasteiger partial charge in [-0.05, 0) is 54.4 Å². The predicted molar refractivity (Wildman–Crippen MR) is 128 cm³/mol. The molecule has 3 rings (SSSR count). The average molecular weight is 498 g/mol. The van der Waals surface area contributed by atoms with Gasteiger partial charge in [-0.1, -0.05) is 36.4 Å². The molecule has 0 atom stereocenters. The molecule has 0 saturated carbocycles. The Morgan fingerprint density at radius 2 is 1.67 bits per heavy atom. The van der Waals surface area contributed by atoms with Crippen molar-refractivity contribution >= 4 is 35.3 Å². The van der Waals surface area contributed by atoms with Crippen molar-refractivity contribution in [1.29, 1.82) is 0 Å². The Balaban J connectivity index is 1.51. The highest BCUT2D eigenvalue weighted by Crippen LogP contribution is 2.34. The van der Waals surface area contributed by atoms with Crippen LogP contribution >= 0.6 is 0 Å². The van der Waals surface area contributed by atoms with Gasteiger partial charge in [0.25, 0.3) is 5.91 Å². The van der Waals surface area contributed by atoms with Gasteiger partial charge in [0.2, 0.25) is 0 Å². The monoisotopic (exact) mass is 498 g/mol. The van der Waals surface area contributed by atoms with E-state index in [1.165, 1.54) is 30.5 Å². The minimum atomic E-state index is -4.62. The molecule has 0 aliphatic carbocycles. The van der Waals surface area contributed by atoms with Crippen molar-refractivity contribution < 1.29 is 32.3 Å². The number of hydrogen-bond donors (Lipinski definition) is 3. The third kappa shape index (κ3) is 7.69. The Hall–Kier alpha value is -4.67. The number of halogens is 3. The molecule has 0 spiro atoms. The quantitative estimate of drug-likeness (QED) is 0.259. The third-order valence-corrected chi connectivity index (χ3v) is 4.60. The molecule has 0 saturated heterocycles. The molecule has 3 N–H and O–H groups in total. The molecule has 3 aromatic carbocycles. The molecule has 0 aromatic heterocycles. The standard InChI is InChI=1S/C25H21F3N4O4/c1-16-6-4-8-18(12-16)30-23(34)24(35)32-29-14-17-7-5-9-19(13-17)36-15-22(33)31-21-11-3-2-10-20(21)25(26,27)28/h2-14H,15H2,1H3,(H,30,34)(H,31,33)(H,32,35)/b29-14-. The number of carbonyl (C=O) groups is 3. The van der Waals surface area contributed by atoms with Crippen LogP contribution in [-0.2, 0) is 20.6 Å². The van der Waals surface area contributed by atoms with Gasteiger partial charge < -0.3 is 15.4 Å². The zero-order valence-electron chi connectivity index (χ0n) is 18.9. The lowest BCUT2D eigenvalue weighted by molar-refractivity contribution is -0.137. The van der Waals surface area contributed by atoms with Crippen LogP contribution in [0.15, 0.2) is 77.9 Å². The van der Waals surface area contributed by atoms with Gasteiger partial charge in [-0.3, -0.25) is 14.4 Å². The van der Waals surface area contributed by atoms with Crippen molar-refractivity contribution in [2.45, 2.75) is 13.1 Å². The highest BCUT2D eigenvalue weighted by atomic mass is 19.4. The van der Waals surface area contributed by atoms with Crippen LogP contribution in [0, 0.1) is 6.92 Å². The van der Waals surface area contributed by atoms with Crippen LogP contribution in [0.4, 0.5) is 24.5 Å². The van der Waals surface area contributed by atoms with Crippen molar-refractivity contribution in [3.8, 4) is 5.75 Å². The Labute approximate surface area is 204 Å². The van der Waals surface area contributed by atoms with E-state index >= 15 is 0 Å². The lowest BCUT2D eigenvalue weighted by atomic mass is 10.1. The lowest BCUT2D eigenvalue weighted by Crippen LogP contribution is -2.32. The second kappa shape index (κ2) is 11.6. The first-order valence-electron chi connectivity index (χ1n) is 10.5. The zero-order valence-corrected chi connectivity index (χ0v) is 18.9. The summed E-state index contributed by atoms with van der Waals surface area (Å²) in [5.74, 6) is -2.41. The van der Waals surface area contributed by atoms with E-state index in [1.54, 1.807) is 30.3 Å². The van der Waals surface area contributed by atoms with E-state index < -0.39 is 36.1 Å². The van der Waals surface area contributed by atoms with Gasteiger partial charge in [-0.2, -0.15) is 18.3 Å². The van der Waals surface area contributed by atoms with E-state index in [9.17, 15) is 27.6 Å². The summed E-state index contributed by atoms with van der Waals surface area (Å²) in [7, 11) is 0. The number of para-hydroxylation sites is 1. The fraction of sp³-hybridized carbons (Fsp3) is 0.120. The molecular weight excluding hydrogens is 477 g/mol. The topological polar surface area (TPSA) is 109 Å². The third-order valence-electron chi connectivity index (χ3n) is 4.60. The second-order valence-corrected chi connectivity index (χ2v) is 7.48. The predicted octanol–water partition coefficient (Wildman–Crippen LogP) is 4.12. The van der Waals surface area contributed by atoms with Crippen molar-refractivity contribution in [1.82, 2.24) is 5.43 Å². The number of amides is 3. The number of benzene rings is 3. The van der Waals surface area contributed by atoms with Crippen LogP contribution in [0.25, 0.3) is 0 Å². The normalized spacial score (nSPS) is 11.1. The number of nitrogens with zero attached hydrogens (tertiary/aromatic N) is 1. The minimum Gasteiger partial charge on any atom is -0.484 e. The number of rotatable bonds is 7. The highest BCUT2D eigenvalue weighted by molar-refractivity contribution is 6.39. The van der Waals surface area contributed by atoms with Gasteiger partial charge in [0.05, 0.1) is 17.5 Å². The second-order valence-electron chi connectivity index (χ2n) is 7.48. The van der Waals surface area contributed by atoms with Crippen molar-refractivity contribution in [3.63, 3.8) is 0 Å². The van der Waals surface area contributed by atoms with Gasteiger partial charge in [0.1, 0.15) is 5.75 Å². The van der Waals surface area contributed by atoms with E-state index in [4.69, 9.17) is 4.74 Å². The minimum absolute atomic E-state index is 0.238. The number of hydrazone groups is 1. The van der Waals surface area contributed by atoms with Gasteiger partial charge in [-0.15, -0.1) is 0 Å². The molecule has 0 aliphatic rings. The summed E-state index contributed by atoms with van der Waals surface area (Å²) < 4.78 is 44.5. The van der Waals surface area contributed by atoms with E-state index in [1.807, 2.05) is 13.0 Å². The SMILES string of the molecule is Cc1cccc(NC(=O)C(=O)N/N=C\c2cccc(OCC(=O)Nc3ccccc3C(F)(F)F)c2)c1. The molecule has 3 aromatic rings. The Bertz CT molecular complexity index is 1290. The van der Waals surface area contributed by atoms with Crippen LogP contribution in [0.3, 0.4) is 0 Å². The largest absolute Gasteiger partial charge is 0.484 e. The number of anilines is 2. The van der Waals surface area contributed by atoms with Crippen LogP contribution in [0.2, 0.25) is 0 Å². The number of alkyl halides is 3. The average Bonchev–Trinajstić information content (AvgIpc) is 2.82. The van der Waals surface area contributed by atoms with Gasteiger partial charge in [-0.25, -0.2) is 5.43 Å². The van der Waals surface area contributed by atoms with E-state index in [0.29, 0.717) is 11.3 Å². The first-order valence-corrected chi connectivity index (χ1v) is 10.5. The fourth-order valence-electron chi connectivity index (χ4n) is 2.99. The first-order chi connectivity index (χ1) is 17.1. The summed E-state index contributed by atoms with van der Waals surface area (Å²) in [4.78, 5) is 36.0. The summed E-state index contributed by atoms with van der Waals surface area (Å²) in [6, 6.07) is 17.8. The summed E-state index contributed by atoms with van der Waals surface area (Å²) in [5.41, 5.74) is 2.61. The van der Waals surface area contributed by atoms with Crippen LogP contribution in [0.5, 0.6) is 5.75 Å². The highest BCUT2D eigenvalue weighted by Gasteiger charge is 2.33. The molecule has 0 aliphatic heterocycles. The van der Waals surface area contributed by atoms with Gasteiger partial charge >= 0.3 is 18.0 Å².